The van der Waals surface area contributed by atoms with Crippen LogP contribution in [-0.4, -0.2) is 9.55 Å². The highest BCUT2D eigenvalue weighted by Gasteiger charge is 2.22. The van der Waals surface area contributed by atoms with Crippen molar-refractivity contribution >= 4 is 32.6 Å². The minimum absolute atomic E-state index is 0.927. The summed E-state index contributed by atoms with van der Waals surface area (Å²) in [6.45, 7) is 0. The number of benzene rings is 9. The molecular weight excluding hydrogens is 641 g/mol. The largest absolute Gasteiger partial charge is 0.292 e. The molecule has 2 heteroatoms. The van der Waals surface area contributed by atoms with E-state index in [9.17, 15) is 0 Å². The van der Waals surface area contributed by atoms with Gasteiger partial charge in [0.05, 0.1) is 16.7 Å². The Morgan fingerprint density at radius 1 is 0.321 bits per heavy atom. The smallest absolute Gasteiger partial charge is 0.145 e. The van der Waals surface area contributed by atoms with Gasteiger partial charge < -0.3 is 0 Å². The monoisotopic (exact) mass is 674 g/mol. The van der Waals surface area contributed by atoms with Crippen LogP contribution in [0.2, 0.25) is 0 Å². The van der Waals surface area contributed by atoms with Crippen LogP contribution < -0.4 is 0 Å². The second-order valence-corrected chi connectivity index (χ2v) is 13.5. The molecule has 0 radical (unpaired) electrons. The van der Waals surface area contributed by atoms with Gasteiger partial charge in [-0.25, -0.2) is 4.98 Å². The molecule has 0 N–H and O–H groups in total. The molecule has 0 unspecified atom stereocenters. The second-order valence-electron chi connectivity index (χ2n) is 13.5. The van der Waals surface area contributed by atoms with E-state index in [0.717, 1.165) is 33.7 Å². The molecule has 0 aliphatic rings. The Morgan fingerprint density at radius 3 is 1.34 bits per heavy atom. The lowest BCUT2D eigenvalue weighted by Crippen LogP contribution is -2.01. The number of fused-ring (bicyclic) bond motifs is 3. The van der Waals surface area contributed by atoms with E-state index < -0.39 is 0 Å². The van der Waals surface area contributed by atoms with Gasteiger partial charge in [-0.15, -0.1) is 0 Å². The van der Waals surface area contributed by atoms with E-state index in [0.29, 0.717) is 0 Å². The summed E-state index contributed by atoms with van der Waals surface area (Å²) in [5.74, 6) is 0.927. The number of nitrogens with zero attached hydrogens (tertiary/aromatic N) is 2. The Balaban J connectivity index is 1.28. The third-order valence-electron chi connectivity index (χ3n) is 10.4. The summed E-state index contributed by atoms with van der Waals surface area (Å²) >= 11 is 0. The molecule has 10 aromatic rings. The van der Waals surface area contributed by atoms with Crippen LogP contribution in [0.25, 0.3) is 94.2 Å². The maximum atomic E-state index is 5.20. The minimum atomic E-state index is 0.927. The van der Waals surface area contributed by atoms with Crippen molar-refractivity contribution in [2.75, 3.05) is 0 Å². The highest BCUT2D eigenvalue weighted by molar-refractivity contribution is 6.22. The normalized spacial score (nSPS) is 11.4. The van der Waals surface area contributed by atoms with Crippen LogP contribution >= 0.6 is 0 Å². The van der Waals surface area contributed by atoms with Gasteiger partial charge in [-0.05, 0) is 96.9 Å². The summed E-state index contributed by atoms with van der Waals surface area (Å²) < 4.78 is 2.34. The summed E-state index contributed by atoms with van der Waals surface area (Å²) in [5.41, 5.74) is 13.8. The van der Waals surface area contributed by atoms with Gasteiger partial charge in [-0.2, -0.15) is 0 Å². The predicted octanol–water partition coefficient (Wildman–Crippen LogP) is 13.7. The highest BCUT2D eigenvalue weighted by atomic mass is 15.1. The van der Waals surface area contributed by atoms with Crippen LogP contribution in [0.5, 0.6) is 0 Å². The van der Waals surface area contributed by atoms with Crippen molar-refractivity contribution in [3.05, 3.63) is 206 Å². The van der Waals surface area contributed by atoms with Crippen molar-refractivity contribution in [3.63, 3.8) is 0 Å². The molecule has 1 heterocycles. The van der Waals surface area contributed by atoms with Crippen molar-refractivity contribution < 1.29 is 0 Å². The summed E-state index contributed by atoms with van der Waals surface area (Å²) in [6, 6.07) is 74.1. The quantitative estimate of drug-likeness (QED) is 0.161. The van der Waals surface area contributed by atoms with E-state index in [1.165, 1.54) is 60.5 Å². The van der Waals surface area contributed by atoms with E-state index in [1.54, 1.807) is 0 Å². The molecule has 0 amide bonds. The fourth-order valence-electron chi connectivity index (χ4n) is 8.03. The van der Waals surface area contributed by atoms with Crippen LogP contribution in [0.1, 0.15) is 0 Å². The van der Waals surface area contributed by atoms with Crippen molar-refractivity contribution in [2.24, 2.45) is 0 Å². The van der Waals surface area contributed by atoms with Gasteiger partial charge in [0, 0.05) is 11.1 Å². The Bertz CT molecular complexity index is 2810. The molecule has 9 aromatic carbocycles. The van der Waals surface area contributed by atoms with Crippen molar-refractivity contribution in [1.29, 1.82) is 0 Å². The first-order chi connectivity index (χ1) is 26.3. The minimum Gasteiger partial charge on any atom is -0.292 e. The number of hydrogen-bond acceptors (Lipinski definition) is 1. The third-order valence-corrected chi connectivity index (χ3v) is 10.4. The van der Waals surface area contributed by atoms with Crippen LogP contribution in [0.4, 0.5) is 0 Å². The zero-order valence-corrected chi connectivity index (χ0v) is 29.0. The lowest BCUT2D eigenvalue weighted by molar-refractivity contribution is 1.10. The fourth-order valence-corrected chi connectivity index (χ4v) is 8.03. The standard InChI is InChI=1S/C51H34N2/c1-4-18-35(19-5-1)38-32-39(36-20-6-2-7-21-36)34-40(33-38)49-41-24-10-12-26-43(41)50(44-27-13-11-25-42(44)49)45-28-14-16-30-47(45)53-48-31-17-15-29-46(48)52-51(53)37-22-8-3-9-23-37/h1-34H. The van der Waals surface area contributed by atoms with Crippen LogP contribution in [0, 0.1) is 0 Å². The average molecular weight is 675 g/mol. The van der Waals surface area contributed by atoms with E-state index in [1.807, 2.05) is 0 Å². The summed E-state index contributed by atoms with van der Waals surface area (Å²) in [7, 11) is 0. The van der Waals surface area contributed by atoms with Gasteiger partial charge in [0.25, 0.3) is 0 Å². The van der Waals surface area contributed by atoms with Gasteiger partial charge in [0.15, 0.2) is 0 Å². The second kappa shape index (κ2) is 12.9. The Kier molecular flexibility index (Phi) is 7.51. The molecule has 2 nitrogen and oxygen atoms in total. The first-order valence-corrected chi connectivity index (χ1v) is 18.1. The van der Waals surface area contributed by atoms with Crippen LogP contribution in [-0.2, 0) is 0 Å². The molecular formula is C51H34N2. The Labute approximate surface area is 308 Å². The first-order valence-electron chi connectivity index (χ1n) is 18.1. The fraction of sp³-hybridized carbons (Fsp3) is 0. The number of para-hydroxylation sites is 3. The maximum Gasteiger partial charge on any atom is 0.145 e. The van der Waals surface area contributed by atoms with Gasteiger partial charge in [-0.1, -0.05) is 170 Å². The van der Waals surface area contributed by atoms with Gasteiger partial charge in [0.1, 0.15) is 5.82 Å². The molecule has 1 aromatic heterocycles. The highest BCUT2D eigenvalue weighted by Crippen LogP contribution is 2.47. The Morgan fingerprint density at radius 2 is 0.755 bits per heavy atom. The number of rotatable bonds is 6. The first kappa shape index (κ1) is 30.8. The summed E-state index contributed by atoms with van der Waals surface area (Å²) in [6.07, 6.45) is 0. The zero-order valence-electron chi connectivity index (χ0n) is 29.0. The molecule has 0 saturated carbocycles. The number of aromatic nitrogens is 2. The summed E-state index contributed by atoms with van der Waals surface area (Å²) in [5, 5.41) is 4.87. The van der Waals surface area contributed by atoms with E-state index in [2.05, 4.69) is 211 Å². The van der Waals surface area contributed by atoms with Crippen LogP contribution in [0.15, 0.2) is 206 Å². The molecule has 0 bridgehead atoms. The lowest BCUT2D eigenvalue weighted by Gasteiger charge is -2.21. The molecule has 53 heavy (non-hydrogen) atoms. The van der Waals surface area contributed by atoms with Crippen LogP contribution in [0.3, 0.4) is 0 Å². The summed E-state index contributed by atoms with van der Waals surface area (Å²) in [4.78, 5) is 5.20. The maximum absolute atomic E-state index is 5.20. The number of imidazole rings is 1. The number of hydrogen-bond donors (Lipinski definition) is 0. The van der Waals surface area contributed by atoms with Crippen molar-refractivity contribution in [3.8, 4) is 61.6 Å². The van der Waals surface area contributed by atoms with E-state index in [4.69, 9.17) is 4.98 Å². The average Bonchev–Trinajstić information content (AvgIpc) is 3.63. The van der Waals surface area contributed by atoms with Gasteiger partial charge in [-0.3, -0.25) is 4.57 Å². The lowest BCUT2D eigenvalue weighted by atomic mass is 9.84. The molecule has 0 aliphatic carbocycles. The molecule has 0 saturated heterocycles. The van der Waals surface area contributed by atoms with E-state index in [-0.39, 0.29) is 0 Å². The topological polar surface area (TPSA) is 17.8 Å². The van der Waals surface area contributed by atoms with E-state index >= 15 is 0 Å². The molecule has 0 aliphatic heterocycles. The molecule has 248 valence electrons. The SMILES string of the molecule is c1ccc(-c2cc(-c3ccccc3)cc(-c3c4ccccc4c(-c4ccccc4-n4c(-c5ccccc5)nc5ccccc54)c4ccccc34)c2)cc1. The molecule has 0 atom stereocenters. The van der Waals surface area contributed by atoms with Crippen molar-refractivity contribution in [1.82, 2.24) is 9.55 Å². The predicted molar refractivity (Wildman–Crippen MR) is 223 cm³/mol. The molecule has 0 spiro atoms. The molecule has 10 rings (SSSR count). The van der Waals surface area contributed by atoms with Gasteiger partial charge >= 0.3 is 0 Å². The van der Waals surface area contributed by atoms with Crippen molar-refractivity contribution in [2.45, 2.75) is 0 Å². The van der Waals surface area contributed by atoms with Gasteiger partial charge in [0.2, 0.25) is 0 Å². The third kappa shape index (κ3) is 5.32. The zero-order chi connectivity index (χ0) is 35.1. The Hall–Kier alpha value is -7.03. The molecule has 0 fully saturated rings.